The van der Waals surface area contributed by atoms with Crippen molar-refractivity contribution in [3.63, 3.8) is 0 Å². The Bertz CT molecular complexity index is 967. The summed E-state index contributed by atoms with van der Waals surface area (Å²) in [4.78, 5) is 0. The van der Waals surface area contributed by atoms with Crippen molar-refractivity contribution in [1.29, 1.82) is 0 Å². The summed E-state index contributed by atoms with van der Waals surface area (Å²) in [5, 5.41) is 2.55. The van der Waals surface area contributed by atoms with Gasteiger partial charge in [-0.25, -0.2) is 0 Å². The van der Waals surface area contributed by atoms with Gasteiger partial charge in [-0.2, -0.15) is 0 Å². The lowest BCUT2D eigenvalue weighted by Gasteiger charge is -2.06. The summed E-state index contributed by atoms with van der Waals surface area (Å²) in [6, 6.07) is 33.8. The van der Waals surface area contributed by atoms with Crippen LogP contribution in [-0.2, 0) is 0 Å². The Morgan fingerprint density at radius 1 is 0.346 bits per heavy atom. The molecule has 0 saturated carbocycles. The zero-order valence-electron chi connectivity index (χ0n) is 14.5. The number of benzene rings is 4. The first-order chi connectivity index (χ1) is 12.9. The standard InChI is InChI=1S/C26H20/c1-3-9-21(10-4-1)15-17-23-19-20-24(26-14-8-7-13-25(23)26)18-16-22-11-5-2-6-12-22/h1-20H. The van der Waals surface area contributed by atoms with E-state index in [1.54, 1.807) is 0 Å². The lowest BCUT2D eigenvalue weighted by molar-refractivity contribution is 1.65. The van der Waals surface area contributed by atoms with Crippen molar-refractivity contribution in [3.05, 3.63) is 119 Å². The summed E-state index contributed by atoms with van der Waals surface area (Å²) in [5.74, 6) is 0. The second-order valence-electron chi connectivity index (χ2n) is 6.28. The predicted molar refractivity (Wildman–Crippen MR) is 115 cm³/mol. The van der Waals surface area contributed by atoms with Crippen molar-refractivity contribution in [2.45, 2.75) is 0 Å². The molecule has 0 atom stereocenters. The van der Waals surface area contributed by atoms with Gasteiger partial charge in [0.05, 0.1) is 0 Å². The van der Waals surface area contributed by atoms with Crippen LogP contribution in [0.1, 0.15) is 22.3 Å². The van der Waals surface area contributed by atoms with Crippen LogP contribution in [0, 0.1) is 0 Å². The summed E-state index contributed by atoms with van der Waals surface area (Å²) in [5.41, 5.74) is 4.90. The molecule has 0 amide bonds. The van der Waals surface area contributed by atoms with E-state index in [0.29, 0.717) is 0 Å². The SMILES string of the molecule is C(=Cc1ccc(C=Cc2ccccc2)c2ccccc12)c1ccccc1. The molecule has 124 valence electrons. The van der Waals surface area contributed by atoms with E-state index in [-0.39, 0.29) is 0 Å². The molecule has 0 fully saturated rings. The van der Waals surface area contributed by atoms with Gasteiger partial charge >= 0.3 is 0 Å². The van der Waals surface area contributed by atoms with E-state index in [1.165, 1.54) is 33.0 Å². The maximum Gasteiger partial charge on any atom is -0.0105 e. The van der Waals surface area contributed by atoms with Crippen LogP contribution in [0.5, 0.6) is 0 Å². The smallest absolute Gasteiger partial charge is 0.0105 e. The first-order valence-electron chi connectivity index (χ1n) is 8.88. The topological polar surface area (TPSA) is 0 Å². The maximum absolute atomic E-state index is 2.20. The Morgan fingerprint density at radius 2 is 0.731 bits per heavy atom. The molecule has 0 unspecified atom stereocenters. The second kappa shape index (κ2) is 7.67. The Labute approximate surface area is 154 Å². The molecule has 4 aromatic carbocycles. The monoisotopic (exact) mass is 332 g/mol. The number of rotatable bonds is 4. The largest absolute Gasteiger partial charge is 0.0622 e. The summed E-state index contributed by atoms with van der Waals surface area (Å²) >= 11 is 0. The highest BCUT2D eigenvalue weighted by Gasteiger charge is 2.02. The molecule has 4 aromatic rings. The first kappa shape index (κ1) is 16.1. The summed E-state index contributed by atoms with van der Waals surface area (Å²) in [6.45, 7) is 0. The molecule has 0 spiro atoms. The van der Waals surface area contributed by atoms with Gasteiger partial charge in [-0.05, 0) is 33.0 Å². The van der Waals surface area contributed by atoms with Gasteiger partial charge in [0.15, 0.2) is 0 Å². The van der Waals surface area contributed by atoms with E-state index in [1.807, 2.05) is 12.1 Å². The first-order valence-corrected chi connectivity index (χ1v) is 8.88. The molecule has 0 N–H and O–H groups in total. The molecule has 0 aromatic heterocycles. The predicted octanol–water partition coefficient (Wildman–Crippen LogP) is 7.18. The molecule has 26 heavy (non-hydrogen) atoms. The summed E-state index contributed by atoms with van der Waals surface area (Å²) in [6.07, 6.45) is 8.73. The fraction of sp³-hybridized carbons (Fsp3) is 0. The fourth-order valence-corrected chi connectivity index (χ4v) is 3.14. The molecule has 0 aliphatic heterocycles. The minimum Gasteiger partial charge on any atom is -0.0622 e. The lowest BCUT2D eigenvalue weighted by Crippen LogP contribution is -1.83. The molecule has 0 heterocycles. The minimum atomic E-state index is 1.21. The van der Waals surface area contributed by atoms with Gasteiger partial charge in [-0.1, -0.05) is 121 Å². The van der Waals surface area contributed by atoms with Crippen molar-refractivity contribution in [3.8, 4) is 0 Å². The van der Waals surface area contributed by atoms with Gasteiger partial charge in [0.25, 0.3) is 0 Å². The van der Waals surface area contributed by atoms with Crippen molar-refractivity contribution in [1.82, 2.24) is 0 Å². The van der Waals surface area contributed by atoms with E-state index in [4.69, 9.17) is 0 Å². The van der Waals surface area contributed by atoms with Crippen LogP contribution in [0.2, 0.25) is 0 Å². The Morgan fingerprint density at radius 3 is 1.15 bits per heavy atom. The zero-order chi connectivity index (χ0) is 17.6. The van der Waals surface area contributed by atoms with Gasteiger partial charge in [0.2, 0.25) is 0 Å². The third kappa shape index (κ3) is 3.65. The number of fused-ring (bicyclic) bond motifs is 1. The van der Waals surface area contributed by atoms with E-state index in [2.05, 4.69) is 109 Å². The van der Waals surface area contributed by atoms with Gasteiger partial charge < -0.3 is 0 Å². The van der Waals surface area contributed by atoms with E-state index in [9.17, 15) is 0 Å². The molecule has 0 bridgehead atoms. The molecular weight excluding hydrogens is 312 g/mol. The van der Waals surface area contributed by atoms with Crippen LogP contribution in [-0.4, -0.2) is 0 Å². The molecule has 0 aliphatic carbocycles. The maximum atomic E-state index is 2.20. The molecule has 0 saturated heterocycles. The highest BCUT2D eigenvalue weighted by atomic mass is 14.1. The van der Waals surface area contributed by atoms with Crippen molar-refractivity contribution in [2.75, 3.05) is 0 Å². The van der Waals surface area contributed by atoms with E-state index in [0.717, 1.165) is 0 Å². The normalized spacial score (nSPS) is 11.5. The van der Waals surface area contributed by atoms with Crippen molar-refractivity contribution < 1.29 is 0 Å². The third-order valence-corrected chi connectivity index (χ3v) is 4.50. The molecular formula is C26H20. The van der Waals surface area contributed by atoms with Crippen LogP contribution >= 0.6 is 0 Å². The van der Waals surface area contributed by atoms with E-state index >= 15 is 0 Å². The Balaban J connectivity index is 1.72. The van der Waals surface area contributed by atoms with E-state index < -0.39 is 0 Å². The Kier molecular flexibility index (Phi) is 4.75. The summed E-state index contributed by atoms with van der Waals surface area (Å²) in [7, 11) is 0. The van der Waals surface area contributed by atoms with Crippen LogP contribution in [0.4, 0.5) is 0 Å². The second-order valence-corrected chi connectivity index (χ2v) is 6.28. The lowest BCUT2D eigenvalue weighted by atomic mass is 9.98. The molecule has 0 aliphatic rings. The minimum absolute atomic E-state index is 1.21. The van der Waals surface area contributed by atoms with Gasteiger partial charge in [0.1, 0.15) is 0 Å². The average Bonchev–Trinajstić information content (AvgIpc) is 2.72. The van der Waals surface area contributed by atoms with Crippen LogP contribution in [0.25, 0.3) is 35.1 Å². The van der Waals surface area contributed by atoms with Crippen LogP contribution in [0.3, 0.4) is 0 Å². The zero-order valence-corrected chi connectivity index (χ0v) is 14.5. The third-order valence-electron chi connectivity index (χ3n) is 4.50. The number of hydrogen-bond donors (Lipinski definition) is 0. The molecule has 0 nitrogen and oxygen atoms in total. The quantitative estimate of drug-likeness (QED) is 0.347. The van der Waals surface area contributed by atoms with Crippen molar-refractivity contribution >= 4 is 35.1 Å². The van der Waals surface area contributed by atoms with Gasteiger partial charge in [-0.15, -0.1) is 0 Å². The Hall–Kier alpha value is -3.38. The average molecular weight is 332 g/mol. The van der Waals surface area contributed by atoms with Gasteiger partial charge in [-0.3, -0.25) is 0 Å². The van der Waals surface area contributed by atoms with Crippen molar-refractivity contribution in [2.24, 2.45) is 0 Å². The highest BCUT2D eigenvalue weighted by Crippen LogP contribution is 2.26. The molecule has 4 rings (SSSR count). The highest BCUT2D eigenvalue weighted by molar-refractivity contribution is 5.99. The number of hydrogen-bond acceptors (Lipinski definition) is 0. The van der Waals surface area contributed by atoms with Crippen LogP contribution in [0.15, 0.2) is 97.1 Å². The summed E-state index contributed by atoms with van der Waals surface area (Å²) < 4.78 is 0. The molecule has 0 radical (unpaired) electrons. The van der Waals surface area contributed by atoms with Crippen LogP contribution < -0.4 is 0 Å². The van der Waals surface area contributed by atoms with Gasteiger partial charge in [0, 0.05) is 0 Å². The molecule has 0 heteroatoms. The fourth-order valence-electron chi connectivity index (χ4n) is 3.14.